The number of hydrogen-bond donors (Lipinski definition) is 0. The van der Waals surface area contributed by atoms with Gasteiger partial charge in [0, 0.05) is 0 Å². The standard InChI is InChI=1S/C34H46.2CH4.2H3P/c1-5-28(24-23-27(4)30-17-11-8-12-18-30)25-33(31-19-13-9-14-20-31)26-29(6-2)34(7-3)32-21-15-10-16-22-32;;;;/h8-22,27-29,33-34H,5-7,23-26H2,1-4H3;2*1H4;2*1H3. The van der Waals surface area contributed by atoms with Gasteiger partial charge in [-0.1, -0.05) is 146 Å². The summed E-state index contributed by atoms with van der Waals surface area (Å²) in [7, 11) is 0. The first-order valence-electron chi connectivity index (χ1n) is 13.8. The van der Waals surface area contributed by atoms with E-state index in [4.69, 9.17) is 0 Å². The smallest absolute Gasteiger partial charge is 0.0136 e. The summed E-state index contributed by atoms with van der Waals surface area (Å²) < 4.78 is 0. The van der Waals surface area contributed by atoms with Gasteiger partial charge in [-0.2, -0.15) is 19.8 Å². The van der Waals surface area contributed by atoms with Crippen molar-refractivity contribution < 1.29 is 0 Å². The van der Waals surface area contributed by atoms with Gasteiger partial charge in [-0.15, -0.1) is 0 Å². The Kier molecular flexibility index (Phi) is 21.7. The van der Waals surface area contributed by atoms with E-state index in [0.717, 1.165) is 11.8 Å². The van der Waals surface area contributed by atoms with Crippen LogP contribution in [0.4, 0.5) is 0 Å². The maximum Gasteiger partial charge on any atom is -0.0136 e. The van der Waals surface area contributed by atoms with Gasteiger partial charge in [-0.25, -0.2) is 0 Å². The monoisotopic (exact) mass is 554 g/mol. The van der Waals surface area contributed by atoms with Crippen LogP contribution in [0.2, 0.25) is 0 Å². The molecule has 0 amide bonds. The molecule has 0 bridgehead atoms. The Balaban J connectivity index is 0. The molecule has 0 aliphatic heterocycles. The first-order valence-corrected chi connectivity index (χ1v) is 13.8. The Morgan fingerprint density at radius 3 is 1.45 bits per heavy atom. The van der Waals surface area contributed by atoms with E-state index >= 15 is 0 Å². The van der Waals surface area contributed by atoms with Crippen LogP contribution in [0.15, 0.2) is 91.0 Å². The van der Waals surface area contributed by atoms with Crippen molar-refractivity contribution in [3.63, 3.8) is 0 Å². The minimum Gasteiger partial charge on any atom is -0.153 e. The third-order valence-electron chi connectivity index (χ3n) is 8.19. The van der Waals surface area contributed by atoms with E-state index in [2.05, 4.69) is 119 Å². The van der Waals surface area contributed by atoms with Crippen molar-refractivity contribution in [3.8, 4) is 0 Å². The second-order valence-electron chi connectivity index (χ2n) is 10.3. The zero-order chi connectivity index (χ0) is 24.2. The number of rotatable bonds is 14. The fraction of sp³-hybridized carbons (Fsp3) is 0.500. The van der Waals surface area contributed by atoms with E-state index in [-0.39, 0.29) is 34.7 Å². The zero-order valence-electron chi connectivity index (χ0n) is 23.4. The maximum absolute atomic E-state index is 2.40. The topological polar surface area (TPSA) is 0 Å². The average Bonchev–Trinajstić information content (AvgIpc) is 2.91. The second-order valence-corrected chi connectivity index (χ2v) is 10.3. The van der Waals surface area contributed by atoms with Crippen LogP contribution in [-0.4, -0.2) is 0 Å². The van der Waals surface area contributed by atoms with Crippen molar-refractivity contribution in [1.82, 2.24) is 0 Å². The fourth-order valence-corrected chi connectivity index (χ4v) is 5.94. The Hall–Kier alpha value is -1.48. The highest BCUT2D eigenvalue weighted by Crippen LogP contribution is 2.41. The van der Waals surface area contributed by atoms with Crippen LogP contribution < -0.4 is 0 Å². The van der Waals surface area contributed by atoms with Crippen molar-refractivity contribution in [2.75, 3.05) is 0 Å². The van der Waals surface area contributed by atoms with Gasteiger partial charge in [-0.05, 0) is 78.4 Å². The molecule has 0 spiro atoms. The van der Waals surface area contributed by atoms with Crippen LogP contribution in [0.5, 0.6) is 0 Å². The van der Waals surface area contributed by atoms with Crippen LogP contribution >= 0.6 is 19.8 Å². The predicted molar refractivity (Wildman–Crippen MR) is 185 cm³/mol. The van der Waals surface area contributed by atoms with Crippen molar-refractivity contribution in [2.24, 2.45) is 11.8 Å². The molecule has 7 unspecified atom stereocenters. The van der Waals surface area contributed by atoms with Gasteiger partial charge >= 0.3 is 0 Å². The lowest BCUT2D eigenvalue weighted by molar-refractivity contribution is 0.300. The highest BCUT2D eigenvalue weighted by atomic mass is 31.0. The highest BCUT2D eigenvalue weighted by molar-refractivity contribution is 6.92. The molecule has 0 fully saturated rings. The first kappa shape index (κ1) is 38.7. The van der Waals surface area contributed by atoms with Crippen LogP contribution in [0.1, 0.15) is 122 Å². The summed E-state index contributed by atoms with van der Waals surface area (Å²) in [6.07, 6.45) is 8.94. The van der Waals surface area contributed by atoms with Gasteiger partial charge < -0.3 is 0 Å². The maximum atomic E-state index is 2.40. The van der Waals surface area contributed by atoms with Crippen LogP contribution in [0, 0.1) is 11.8 Å². The van der Waals surface area contributed by atoms with E-state index in [1.54, 1.807) is 5.56 Å². The average molecular weight is 555 g/mol. The van der Waals surface area contributed by atoms with Crippen molar-refractivity contribution in [2.45, 2.75) is 105 Å². The third-order valence-corrected chi connectivity index (χ3v) is 8.19. The molecule has 0 aliphatic rings. The van der Waals surface area contributed by atoms with Gasteiger partial charge in [-0.3, -0.25) is 0 Å². The summed E-state index contributed by atoms with van der Waals surface area (Å²) >= 11 is 0. The molecule has 7 atom stereocenters. The van der Waals surface area contributed by atoms with E-state index in [9.17, 15) is 0 Å². The molecule has 3 aromatic carbocycles. The Morgan fingerprint density at radius 2 is 1.00 bits per heavy atom. The SMILES string of the molecule is C.C.CCC(CCC(C)c1ccccc1)CC(CC(CC)C(CC)c1ccccc1)c1ccccc1.P.P. The summed E-state index contributed by atoms with van der Waals surface area (Å²) in [6, 6.07) is 33.7. The quantitative estimate of drug-likeness (QED) is 0.174. The molecule has 0 saturated heterocycles. The van der Waals surface area contributed by atoms with Crippen LogP contribution in [0.25, 0.3) is 0 Å². The fourth-order valence-electron chi connectivity index (χ4n) is 5.94. The van der Waals surface area contributed by atoms with Gasteiger partial charge in [0.2, 0.25) is 0 Å². The lowest BCUT2D eigenvalue weighted by Crippen LogP contribution is -2.18. The zero-order valence-corrected chi connectivity index (χ0v) is 26.2. The van der Waals surface area contributed by atoms with Gasteiger partial charge in [0.05, 0.1) is 0 Å². The molecule has 214 valence electrons. The third kappa shape index (κ3) is 11.7. The van der Waals surface area contributed by atoms with E-state index in [0.29, 0.717) is 17.8 Å². The molecular weight excluding hydrogens is 494 g/mol. The molecule has 0 aliphatic carbocycles. The largest absolute Gasteiger partial charge is 0.153 e. The molecular formula is C36H60P2. The normalized spacial score (nSPS) is 14.2. The molecule has 0 N–H and O–H groups in total. The van der Waals surface area contributed by atoms with E-state index < -0.39 is 0 Å². The minimum absolute atomic E-state index is 0. The van der Waals surface area contributed by atoms with Crippen molar-refractivity contribution in [1.29, 1.82) is 0 Å². The summed E-state index contributed by atoms with van der Waals surface area (Å²) in [6.45, 7) is 9.57. The molecule has 0 aromatic heterocycles. The van der Waals surface area contributed by atoms with E-state index in [1.807, 2.05) is 0 Å². The van der Waals surface area contributed by atoms with Gasteiger partial charge in [0.25, 0.3) is 0 Å². The molecule has 0 heterocycles. The molecule has 0 nitrogen and oxygen atoms in total. The van der Waals surface area contributed by atoms with Crippen LogP contribution in [-0.2, 0) is 0 Å². The Bertz CT molecular complexity index is 910. The molecule has 2 heteroatoms. The first-order chi connectivity index (χ1) is 16.7. The lowest BCUT2D eigenvalue weighted by atomic mass is 9.73. The summed E-state index contributed by atoms with van der Waals surface area (Å²) in [5, 5.41) is 0. The van der Waals surface area contributed by atoms with Crippen molar-refractivity contribution in [3.05, 3.63) is 108 Å². The molecule has 38 heavy (non-hydrogen) atoms. The predicted octanol–water partition coefficient (Wildman–Crippen LogP) is 11.8. The Morgan fingerprint density at radius 1 is 0.526 bits per heavy atom. The molecule has 0 saturated carbocycles. The molecule has 3 aromatic rings. The van der Waals surface area contributed by atoms with Gasteiger partial charge in [0.1, 0.15) is 0 Å². The second kappa shape index (κ2) is 21.4. The lowest BCUT2D eigenvalue weighted by Gasteiger charge is -2.32. The van der Waals surface area contributed by atoms with Crippen molar-refractivity contribution >= 4 is 19.8 Å². The molecule has 3 rings (SSSR count). The summed E-state index contributed by atoms with van der Waals surface area (Å²) in [4.78, 5) is 0. The van der Waals surface area contributed by atoms with Crippen LogP contribution in [0.3, 0.4) is 0 Å². The van der Waals surface area contributed by atoms with E-state index in [1.165, 1.54) is 56.1 Å². The minimum atomic E-state index is 0. The molecule has 0 radical (unpaired) electrons. The Labute approximate surface area is 244 Å². The highest BCUT2D eigenvalue weighted by Gasteiger charge is 2.26. The number of hydrogen-bond acceptors (Lipinski definition) is 0. The van der Waals surface area contributed by atoms with Gasteiger partial charge in [0.15, 0.2) is 0 Å². The number of benzene rings is 3. The summed E-state index contributed by atoms with van der Waals surface area (Å²) in [5.41, 5.74) is 4.54. The summed E-state index contributed by atoms with van der Waals surface area (Å²) in [5.74, 6) is 3.43.